The summed E-state index contributed by atoms with van der Waals surface area (Å²) in [7, 11) is 0. The highest BCUT2D eigenvalue weighted by atomic mass is 14.1. The standard InChI is InChI=1S/C21H24.C2H6/c1-18(16-20-12-5-3-6-13-20)10-9-11-19(2)17-21-14-7-4-8-15-21;1-2/h3-8,12-15H,1-2,9-11,16-17H2;1-2H3. The van der Waals surface area contributed by atoms with Gasteiger partial charge in [0, 0.05) is 0 Å². The molecular weight excluding hydrogens is 276 g/mol. The molecule has 0 spiro atoms. The number of allylic oxidation sites excluding steroid dienone is 2. The lowest BCUT2D eigenvalue weighted by molar-refractivity contribution is 0.776. The molecule has 0 unspecified atom stereocenters. The Balaban J connectivity index is 0.00000127. The van der Waals surface area contributed by atoms with Crippen LogP contribution in [0.2, 0.25) is 0 Å². The van der Waals surface area contributed by atoms with Crippen molar-refractivity contribution < 1.29 is 0 Å². The maximum Gasteiger partial charge on any atom is -0.00698 e. The van der Waals surface area contributed by atoms with Gasteiger partial charge in [-0.25, -0.2) is 0 Å². The van der Waals surface area contributed by atoms with E-state index < -0.39 is 0 Å². The number of benzene rings is 2. The van der Waals surface area contributed by atoms with Gasteiger partial charge in [-0.15, -0.1) is 0 Å². The predicted octanol–water partition coefficient (Wildman–Crippen LogP) is 6.78. The van der Waals surface area contributed by atoms with Gasteiger partial charge in [0.2, 0.25) is 0 Å². The minimum atomic E-state index is 0.992. The number of hydrogen-bond acceptors (Lipinski definition) is 0. The van der Waals surface area contributed by atoms with Crippen molar-refractivity contribution in [1.82, 2.24) is 0 Å². The van der Waals surface area contributed by atoms with E-state index in [0.29, 0.717) is 0 Å². The molecule has 0 nitrogen and oxygen atoms in total. The van der Waals surface area contributed by atoms with Crippen LogP contribution in [0.1, 0.15) is 44.2 Å². The highest BCUT2D eigenvalue weighted by molar-refractivity contribution is 5.22. The molecule has 0 amide bonds. The molecule has 0 radical (unpaired) electrons. The summed E-state index contributed by atoms with van der Waals surface area (Å²) < 4.78 is 0. The lowest BCUT2D eigenvalue weighted by Gasteiger charge is -2.08. The molecule has 0 saturated heterocycles. The highest BCUT2D eigenvalue weighted by Crippen LogP contribution is 2.17. The monoisotopic (exact) mass is 306 g/mol. The average Bonchev–Trinajstić information content (AvgIpc) is 2.58. The molecule has 0 heteroatoms. The van der Waals surface area contributed by atoms with E-state index in [1.807, 2.05) is 13.8 Å². The predicted molar refractivity (Wildman–Crippen MR) is 104 cm³/mol. The zero-order valence-corrected chi connectivity index (χ0v) is 14.7. The zero-order chi connectivity index (χ0) is 16.9. The lowest BCUT2D eigenvalue weighted by Crippen LogP contribution is -1.93. The second-order valence-corrected chi connectivity index (χ2v) is 5.68. The summed E-state index contributed by atoms with van der Waals surface area (Å²) >= 11 is 0. The molecule has 0 saturated carbocycles. The van der Waals surface area contributed by atoms with Crippen LogP contribution in [0.5, 0.6) is 0 Å². The summed E-state index contributed by atoms with van der Waals surface area (Å²) in [6.07, 6.45) is 5.31. The van der Waals surface area contributed by atoms with Crippen molar-refractivity contribution >= 4 is 0 Å². The van der Waals surface area contributed by atoms with Gasteiger partial charge in [-0.3, -0.25) is 0 Å². The van der Waals surface area contributed by atoms with Gasteiger partial charge in [-0.1, -0.05) is 98.8 Å². The molecule has 0 bridgehead atoms. The average molecular weight is 306 g/mol. The first kappa shape index (κ1) is 19.0. The molecule has 0 heterocycles. The molecule has 0 aromatic heterocycles. The van der Waals surface area contributed by atoms with Crippen LogP contribution in [-0.4, -0.2) is 0 Å². The van der Waals surface area contributed by atoms with Crippen LogP contribution in [0.25, 0.3) is 0 Å². The largest absolute Gasteiger partial charge is 0.0995 e. The van der Waals surface area contributed by atoms with Crippen LogP contribution in [0.4, 0.5) is 0 Å². The van der Waals surface area contributed by atoms with Crippen LogP contribution >= 0.6 is 0 Å². The second-order valence-electron chi connectivity index (χ2n) is 5.68. The summed E-state index contributed by atoms with van der Waals surface area (Å²) in [6, 6.07) is 21.1. The van der Waals surface area contributed by atoms with Crippen LogP contribution < -0.4 is 0 Å². The summed E-state index contributed by atoms with van der Waals surface area (Å²) in [4.78, 5) is 0. The SMILES string of the molecule is C=C(CCCC(=C)Cc1ccccc1)Cc1ccccc1.CC. The van der Waals surface area contributed by atoms with Gasteiger partial charge in [0.15, 0.2) is 0 Å². The van der Waals surface area contributed by atoms with Gasteiger partial charge in [0.1, 0.15) is 0 Å². The quantitative estimate of drug-likeness (QED) is 0.471. The fourth-order valence-corrected chi connectivity index (χ4v) is 2.53. The fraction of sp³-hybridized carbons (Fsp3) is 0.304. The topological polar surface area (TPSA) is 0 Å². The maximum atomic E-state index is 4.20. The van der Waals surface area contributed by atoms with Crippen LogP contribution in [0, 0.1) is 0 Å². The van der Waals surface area contributed by atoms with Crippen molar-refractivity contribution in [2.24, 2.45) is 0 Å². The molecule has 0 atom stereocenters. The third-order valence-electron chi connectivity index (χ3n) is 3.65. The molecule has 0 aliphatic rings. The Kier molecular flexibility index (Phi) is 9.47. The Bertz CT molecular complexity index is 510. The summed E-state index contributed by atoms with van der Waals surface area (Å²) in [5, 5.41) is 0. The number of hydrogen-bond donors (Lipinski definition) is 0. The third kappa shape index (κ3) is 8.21. The second kappa shape index (κ2) is 11.5. The van der Waals surface area contributed by atoms with E-state index in [1.54, 1.807) is 0 Å². The van der Waals surface area contributed by atoms with Crippen LogP contribution in [-0.2, 0) is 12.8 Å². The zero-order valence-electron chi connectivity index (χ0n) is 14.7. The molecule has 0 fully saturated rings. The van der Waals surface area contributed by atoms with Gasteiger partial charge in [-0.2, -0.15) is 0 Å². The van der Waals surface area contributed by atoms with Crippen molar-refractivity contribution in [3.05, 3.63) is 96.1 Å². The first-order valence-corrected chi connectivity index (χ1v) is 8.65. The van der Waals surface area contributed by atoms with Crippen molar-refractivity contribution in [3.63, 3.8) is 0 Å². The Morgan fingerprint density at radius 1 is 0.652 bits per heavy atom. The summed E-state index contributed by atoms with van der Waals surface area (Å²) in [5.74, 6) is 0. The molecule has 2 rings (SSSR count). The Labute approximate surface area is 142 Å². The van der Waals surface area contributed by atoms with Crippen LogP contribution in [0.3, 0.4) is 0 Å². The Hall–Kier alpha value is -2.08. The van der Waals surface area contributed by atoms with E-state index in [4.69, 9.17) is 0 Å². The van der Waals surface area contributed by atoms with E-state index >= 15 is 0 Å². The van der Waals surface area contributed by atoms with Crippen molar-refractivity contribution in [2.75, 3.05) is 0 Å². The Morgan fingerprint density at radius 2 is 1.00 bits per heavy atom. The van der Waals surface area contributed by atoms with E-state index in [9.17, 15) is 0 Å². The first-order chi connectivity index (χ1) is 11.2. The van der Waals surface area contributed by atoms with Gasteiger partial charge in [-0.05, 0) is 43.2 Å². The smallest absolute Gasteiger partial charge is 0.00698 e. The van der Waals surface area contributed by atoms with Crippen molar-refractivity contribution in [1.29, 1.82) is 0 Å². The maximum absolute atomic E-state index is 4.20. The van der Waals surface area contributed by atoms with E-state index in [-0.39, 0.29) is 0 Å². The first-order valence-electron chi connectivity index (χ1n) is 8.65. The molecule has 23 heavy (non-hydrogen) atoms. The Morgan fingerprint density at radius 3 is 1.35 bits per heavy atom. The molecule has 2 aromatic carbocycles. The molecule has 0 aliphatic heterocycles. The van der Waals surface area contributed by atoms with Gasteiger partial charge in [0.05, 0.1) is 0 Å². The van der Waals surface area contributed by atoms with Crippen molar-refractivity contribution in [3.8, 4) is 0 Å². The summed E-state index contributed by atoms with van der Waals surface area (Å²) in [5.41, 5.74) is 5.33. The lowest BCUT2D eigenvalue weighted by atomic mass is 9.98. The van der Waals surface area contributed by atoms with E-state index in [1.165, 1.54) is 22.3 Å². The molecule has 2 aromatic rings. The molecule has 0 aliphatic carbocycles. The number of rotatable bonds is 8. The van der Waals surface area contributed by atoms with Crippen molar-refractivity contribution in [2.45, 2.75) is 46.0 Å². The normalized spacial score (nSPS) is 9.65. The minimum absolute atomic E-state index is 0.992. The highest BCUT2D eigenvalue weighted by Gasteiger charge is 2.00. The third-order valence-corrected chi connectivity index (χ3v) is 3.65. The van der Waals surface area contributed by atoms with E-state index in [0.717, 1.165) is 32.1 Å². The molecule has 122 valence electrons. The van der Waals surface area contributed by atoms with Gasteiger partial charge < -0.3 is 0 Å². The summed E-state index contributed by atoms with van der Waals surface area (Å²) in [6.45, 7) is 12.4. The van der Waals surface area contributed by atoms with E-state index in [2.05, 4.69) is 73.8 Å². The fourth-order valence-electron chi connectivity index (χ4n) is 2.53. The van der Waals surface area contributed by atoms with Gasteiger partial charge >= 0.3 is 0 Å². The molecule has 0 N–H and O–H groups in total. The van der Waals surface area contributed by atoms with Gasteiger partial charge in [0.25, 0.3) is 0 Å². The molecular formula is C23H30. The minimum Gasteiger partial charge on any atom is -0.0995 e. The van der Waals surface area contributed by atoms with Crippen LogP contribution in [0.15, 0.2) is 85.0 Å².